The van der Waals surface area contributed by atoms with Gasteiger partial charge in [0.1, 0.15) is 6.54 Å². The smallest absolute Gasteiger partial charge is 0.410 e. The predicted molar refractivity (Wildman–Crippen MR) is 82.5 cm³/mol. The summed E-state index contributed by atoms with van der Waals surface area (Å²) in [4.78, 5) is 14.9. The first kappa shape index (κ1) is 16.4. The maximum atomic E-state index is 11.7. The molecule has 1 N–H and O–H groups in total. The van der Waals surface area contributed by atoms with Gasteiger partial charge in [-0.15, -0.1) is 0 Å². The zero-order valence-electron chi connectivity index (χ0n) is 13.6. The summed E-state index contributed by atoms with van der Waals surface area (Å²) in [6.07, 6.45) is -0.208. The molecule has 0 spiro atoms. The van der Waals surface area contributed by atoms with Gasteiger partial charge in [-0.05, 0) is 19.1 Å². The Morgan fingerprint density at radius 1 is 1.23 bits per heavy atom. The van der Waals surface area contributed by atoms with Crippen LogP contribution >= 0.6 is 0 Å². The van der Waals surface area contributed by atoms with Crippen LogP contribution in [0, 0.1) is 0 Å². The Morgan fingerprint density at radius 3 is 2.55 bits per heavy atom. The van der Waals surface area contributed by atoms with Crippen molar-refractivity contribution in [3.05, 3.63) is 23.8 Å². The zero-order valence-corrected chi connectivity index (χ0v) is 13.6. The lowest BCUT2D eigenvalue weighted by molar-refractivity contribution is -0.917. The topological polar surface area (TPSA) is 52.4 Å². The largest absolute Gasteiger partial charge is 0.493 e. The van der Waals surface area contributed by atoms with Gasteiger partial charge >= 0.3 is 6.09 Å². The second kappa shape index (κ2) is 7.89. The monoisotopic (exact) mass is 309 g/mol. The molecule has 1 amide bonds. The van der Waals surface area contributed by atoms with Crippen LogP contribution < -0.4 is 14.4 Å². The lowest BCUT2D eigenvalue weighted by Crippen LogP contribution is -3.13. The maximum Gasteiger partial charge on any atom is 0.410 e. The van der Waals surface area contributed by atoms with Gasteiger partial charge in [-0.2, -0.15) is 0 Å². The summed E-state index contributed by atoms with van der Waals surface area (Å²) in [7, 11) is 3.31. The molecule has 0 saturated carbocycles. The van der Waals surface area contributed by atoms with E-state index in [-0.39, 0.29) is 6.09 Å². The van der Waals surface area contributed by atoms with Crippen LogP contribution in [0.3, 0.4) is 0 Å². The summed E-state index contributed by atoms with van der Waals surface area (Å²) in [6.45, 7) is 6.36. The van der Waals surface area contributed by atoms with E-state index in [1.807, 2.05) is 19.1 Å². The number of rotatable bonds is 5. The van der Waals surface area contributed by atoms with Crippen LogP contribution in [0.5, 0.6) is 11.5 Å². The van der Waals surface area contributed by atoms with Crippen molar-refractivity contribution in [3.63, 3.8) is 0 Å². The number of para-hydroxylation sites is 1. The highest BCUT2D eigenvalue weighted by Crippen LogP contribution is 2.30. The maximum absolute atomic E-state index is 11.7. The third kappa shape index (κ3) is 3.82. The number of quaternary nitrogens is 1. The number of nitrogens with one attached hydrogen (secondary N) is 1. The molecule has 1 saturated heterocycles. The van der Waals surface area contributed by atoms with Crippen molar-refractivity contribution < 1.29 is 23.9 Å². The van der Waals surface area contributed by atoms with Gasteiger partial charge in [0.25, 0.3) is 0 Å². The fraction of sp³-hybridized carbons (Fsp3) is 0.562. The minimum atomic E-state index is -0.208. The van der Waals surface area contributed by atoms with E-state index in [1.165, 1.54) is 4.90 Å². The highest BCUT2D eigenvalue weighted by atomic mass is 16.6. The van der Waals surface area contributed by atoms with Crippen LogP contribution in [0.4, 0.5) is 4.79 Å². The van der Waals surface area contributed by atoms with Gasteiger partial charge in [0.05, 0.1) is 52.6 Å². The number of ether oxygens (including phenoxy) is 3. The summed E-state index contributed by atoms with van der Waals surface area (Å²) in [6, 6.07) is 5.94. The Hall–Kier alpha value is -1.95. The summed E-state index contributed by atoms with van der Waals surface area (Å²) >= 11 is 0. The summed E-state index contributed by atoms with van der Waals surface area (Å²) in [5.41, 5.74) is 1.13. The molecule has 0 radical (unpaired) electrons. The van der Waals surface area contributed by atoms with Gasteiger partial charge in [-0.25, -0.2) is 4.79 Å². The van der Waals surface area contributed by atoms with Gasteiger partial charge in [0.2, 0.25) is 0 Å². The Morgan fingerprint density at radius 2 is 1.95 bits per heavy atom. The van der Waals surface area contributed by atoms with Crippen LogP contribution in [-0.4, -0.2) is 58.0 Å². The number of hydrogen-bond donors (Lipinski definition) is 1. The van der Waals surface area contributed by atoms with E-state index in [0.717, 1.165) is 49.8 Å². The van der Waals surface area contributed by atoms with Crippen molar-refractivity contribution in [3.8, 4) is 11.5 Å². The van der Waals surface area contributed by atoms with E-state index in [1.54, 1.807) is 19.1 Å². The Bertz CT molecular complexity index is 499. The van der Waals surface area contributed by atoms with Gasteiger partial charge < -0.3 is 19.1 Å². The molecule has 0 unspecified atom stereocenters. The fourth-order valence-corrected chi connectivity index (χ4v) is 2.76. The Labute approximate surface area is 131 Å². The minimum absolute atomic E-state index is 0.208. The standard InChI is InChI=1S/C16H24N2O4/c1-4-22-16(19)18-10-8-17(9-11-18)12-13-6-5-7-14(20-2)15(13)21-3/h5-7H,4,8-12H2,1-3H3/p+1. The van der Waals surface area contributed by atoms with Crippen molar-refractivity contribution in [1.29, 1.82) is 0 Å². The molecule has 0 aliphatic carbocycles. The van der Waals surface area contributed by atoms with Gasteiger partial charge in [0, 0.05) is 0 Å². The normalized spacial score (nSPS) is 15.5. The quantitative estimate of drug-likeness (QED) is 0.863. The number of nitrogens with zero attached hydrogens (tertiary/aromatic N) is 1. The number of benzene rings is 1. The Balaban J connectivity index is 1.95. The number of amides is 1. The molecule has 1 aliphatic heterocycles. The fourth-order valence-electron chi connectivity index (χ4n) is 2.76. The van der Waals surface area contributed by atoms with E-state index in [4.69, 9.17) is 14.2 Å². The van der Waals surface area contributed by atoms with E-state index in [0.29, 0.717) is 6.61 Å². The molecule has 0 atom stereocenters. The minimum Gasteiger partial charge on any atom is -0.493 e. The summed E-state index contributed by atoms with van der Waals surface area (Å²) < 4.78 is 15.9. The van der Waals surface area contributed by atoms with Gasteiger partial charge in [-0.3, -0.25) is 4.90 Å². The summed E-state index contributed by atoms with van der Waals surface area (Å²) in [5.74, 6) is 1.55. The first-order valence-corrected chi connectivity index (χ1v) is 7.64. The number of piperazine rings is 1. The summed E-state index contributed by atoms with van der Waals surface area (Å²) in [5, 5.41) is 0. The molecule has 1 aromatic rings. The molecule has 6 nitrogen and oxygen atoms in total. The average molecular weight is 309 g/mol. The van der Waals surface area contributed by atoms with Crippen molar-refractivity contribution in [1.82, 2.24) is 4.90 Å². The number of carbonyl (C=O) groups excluding carboxylic acids is 1. The van der Waals surface area contributed by atoms with E-state index in [2.05, 4.69) is 6.07 Å². The molecular formula is C16H25N2O4+. The van der Waals surface area contributed by atoms with Crippen molar-refractivity contribution >= 4 is 6.09 Å². The second-order valence-corrected chi connectivity index (χ2v) is 5.27. The van der Waals surface area contributed by atoms with E-state index in [9.17, 15) is 4.79 Å². The number of carbonyl (C=O) groups is 1. The molecule has 22 heavy (non-hydrogen) atoms. The first-order valence-electron chi connectivity index (χ1n) is 7.64. The molecule has 1 aliphatic rings. The van der Waals surface area contributed by atoms with Crippen molar-refractivity contribution in [2.75, 3.05) is 47.0 Å². The molecule has 2 rings (SSSR count). The van der Waals surface area contributed by atoms with Crippen molar-refractivity contribution in [2.45, 2.75) is 13.5 Å². The van der Waals surface area contributed by atoms with Crippen molar-refractivity contribution in [2.24, 2.45) is 0 Å². The number of methoxy groups -OCH3 is 2. The molecule has 1 aromatic carbocycles. The third-order valence-corrected chi connectivity index (χ3v) is 3.92. The molecule has 1 heterocycles. The first-order chi connectivity index (χ1) is 10.7. The predicted octanol–water partition coefficient (Wildman–Crippen LogP) is 0.561. The zero-order chi connectivity index (χ0) is 15.9. The highest BCUT2D eigenvalue weighted by Gasteiger charge is 2.25. The van der Waals surface area contributed by atoms with Crippen LogP contribution in [0.2, 0.25) is 0 Å². The van der Waals surface area contributed by atoms with Crippen LogP contribution in [-0.2, 0) is 11.3 Å². The lowest BCUT2D eigenvalue weighted by Gasteiger charge is -2.31. The van der Waals surface area contributed by atoms with Gasteiger partial charge in [-0.1, -0.05) is 6.07 Å². The molecule has 6 heteroatoms. The molecule has 0 aromatic heterocycles. The van der Waals surface area contributed by atoms with Gasteiger partial charge in [0.15, 0.2) is 11.5 Å². The lowest BCUT2D eigenvalue weighted by atomic mass is 10.1. The van der Waals surface area contributed by atoms with Crippen LogP contribution in [0.15, 0.2) is 18.2 Å². The third-order valence-electron chi connectivity index (χ3n) is 3.92. The SMILES string of the molecule is CCOC(=O)N1CC[NH+](Cc2cccc(OC)c2OC)CC1. The average Bonchev–Trinajstić information content (AvgIpc) is 2.55. The van der Waals surface area contributed by atoms with E-state index < -0.39 is 0 Å². The van der Waals surface area contributed by atoms with Crippen LogP contribution in [0.25, 0.3) is 0 Å². The second-order valence-electron chi connectivity index (χ2n) is 5.27. The molecule has 0 bridgehead atoms. The highest BCUT2D eigenvalue weighted by molar-refractivity contribution is 5.67. The van der Waals surface area contributed by atoms with E-state index >= 15 is 0 Å². The molecule has 122 valence electrons. The molecule has 1 fully saturated rings. The molecular weight excluding hydrogens is 284 g/mol. The number of hydrogen-bond acceptors (Lipinski definition) is 4. The van der Waals surface area contributed by atoms with Crippen LogP contribution in [0.1, 0.15) is 12.5 Å². The Kier molecular flexibility index (Phi) is 5.89.